The smallest absolute Gasteiger partial charge is 0.335 e. The Morgan fingerprint density at radius 2 is 2.13 bits per heavy atom. The minimum Gasteiger partial charge on any atom is -0.479 e. The van der Waals surface area contributed by atoms with Crippen molar-refractivity contribution in [1.29, 1.82) is 0 Å². The monoisotopic (exact) mass is 214 g/mol. The number of carboxylic acids is 1. The van der Waals surface area contributed by atoms with Crippen LogP contribution in [0.2, 0.25) is 0 Å². The molecule has 15 heavy (non-hydrogen) atoms. The fourth-order valence-corrected chi connectivity index (χ4v) is 1.64. The molecule has 0 saturated heterocycles. The molecule has 0 saturated carbocycles. The zero-order valence-electron chi connectivity index (χ0n) is 9.70. The van der Waals surface area contributed by atoms with Gasteiger partial charge >= 0.3 is 5.97 Å². The van der Waals surface area contributed by atoms with Crippen LogP contribution in [0.4, 0.5) is 0 Å². The Bertz CT molecular complexity index is 209. The molecule has 0 bridgehead atoms. The minimum atomic E-state index is -1.64. The topological polar surface area (TPSA) is 57.5 Å². The summed E-state index contributed by atoms with van der Waals surface area (Å²) in [5, 5.41) is 18.7. The van der Waals surface area contributed by atoms with Crippen LogP contribution in [0.25, 0.3) is 0 Å². The number of rotatable bonds is 8. The van der Waals surface area contributed by atoms with Crippen molar-refractivity contribution in [2.24, 2.45) is 5.92 Å². The summed E-state index contributed by atoms with van der Waals surface area (Å²) >= 11 is 0. The lowest BCUT2D eigenvalue weighted by Crippen LogP contribution is -2.42. The zero-order chi connectivity index (χ0) is 11.9. The molecule has 0 aromatic carbocycles. The van der Waals surface area contributed by atoms with Crippen LogP contribution >= 0.6 is 0 Å². The Kier molecular flexibility index (Phi) is 6.25. The van der Waals surface area contributed by atoms with Crippen molar-refractivity contribution in [3.8, 4) is 0 Å². The van der Waals surface area contributed by atoms with Crippen LogP contribution in [0.1, 0.15) is 46.0 Å². The summed E-state index contributed by atoms with van der Waals surface area (Å²) in [6, 6.07) is 0. The van der Waals surface area contributed by atoms with Gasteiger partial charge in [0.1, 0.15) is 0 Å². The normalized spacial score (nSPS) is 16.7. The number of hydrogen-bond acceptors (Lipinski definition) is 2. The maximum atomic E-state index is 10.9. The molecular weight excluding hydrogens is 192 g/mol. The van der Waals surface area contributed by atoms with E-state index < -0.39 is 11.6 Å². The van der Waals surface area contributed by atoms with Crippen molar-refractivity contribution < 1.29 is 15.0 Å². The Morgan fingerprint density at radius 3 is 2.53 bits per heavy atom. The summed E-state index contributed by atoms with van der Waals surface area (Å²) in [7, 11) is 0. The Balaban J connectivity index is 4.36. The Labute approximate surface area is 91.8 Å². The molecule has 0 aromatic heterocycles. The van der Waals surface area contributed by atoms with Crippen molar-refractivity contribution >= 4 is 5.97 Å². The average molecular weight is 214 g/mol. The predicted octanol–water partition coefficient (Wildman–Crippen LogP) is 2.59. The highest BCUT2D eigenvalue weighted by molar-refractivity contribution is 5.76. The molecule has 3 nitrogen and oxygen atoms in total. The highest BCUT2D eigenvalue weighted by atomic mass is 16.4. The molecule has 0 rings (SSSR count). The molecule has 2 unspecified atom stereocenters. The number of hydrogen-bond donors (Lipinski definition) is 2. The van der Waals surface area contributed by atoms with E-state index >= 15 is 0 Å². The van der Waals surface area contributed by atoms with Crippen molar-refractivity contribution in [2.45, 2.75) is 51.6 Å². The summed E-state index contributed by atoms with van der Waals surface area (Å²) in [5.74, 6) is -1.38. The number of aliphatic hydroxyl groups is 1. The SMILES string of the molecule is C=CCC(CCCCC)C(C)(O)C(=O)O. The van der Waals surface area contributed by atoms with Crippen LogP contribution in [0.15, 0.2) is 12.7 Å². The zero-order valence-corrected chi connectivity index (χ0v) is 9.70. The van der Waals surface area contributed by atoms with Crippen LogP contribution in [0, 0.1) is 5.92 Å². The quantitative estimate of drug-likeness (QED) is 0.482. The molecule has 0 amide bonds. The maximum Gasteiger partial charge on any atom is 0.335 e. The summed E-state index contributed by atoms with van der Waals surface area (Å²) in [5.41, 5.74) is -1.64. The molecular formula is C12H22O3. The maximum absolute atomic E-state index is 10.9. The summed E-state index contributed by atoms with van der Waals surface area (Å²) in [4.78, 5) is 10.9. The van der Waals surface area contributed by atoms with Crippen LogP contribution in [-0.2, 0) is 4.79 Å². The molecule has 0 aromatic rings. The van der Waals surface area contributed by atoms with E-state index in [2.05, 4.69) is 13.5 Å². The van der Waals surface area contributed by atoms with E-state index in [1.54, 1.807) is 6.08 Å². The van der Waals surface area contributed by atoms with Gasteiger partial charge in [-0.05, 0) is 19.8 Å². The van der Waals surface area contributed by atoms with E-state index in [0.29, 0.717) is 6.42 Å². The van der Waals surface area contributed by atoms with E-state index in [-0.39, 0.29) is 5.92 Å². The number of carboxylic acid groups (broad SMARTS) is 1. The molecule has 88 valence electrons. The molecule has 0 aliphatic rings. The molecule has 0 spiro atoms. The van der Waals surface area contributed by atoms with Crippen LogP contribution in [0.3, 0.4) is 0 Å². The number of carbonyl (C=O) groups is 1. The van der Waals surface area contributed by atoms with Gasteiger partial charge in [0.15, 0.2) is 5.60 Å². The van der Waals surface area contributed by atoms with Gasteiger partial charge in [0.25, 0.3) is 0 Å². The lowest BCUT2D eigenvalue weighted by molar-refractivity contribution is -0.162. The molecule has 0 radical (unpaired) electrons. The number of allylic oxidation sites excluding steroid dienone is 1. The average Bonchev–Trinajstić information content (AvgIpc) is 2.16. The third-order valence-corrected chi connectivity index (χ3v) is 2.84. The second-order valence-electron chi connectivity index (χ2n) is 4.17. The third kappa shape index (κ3) is 4.47. The van der Waals surface area contributed by atoms with E-state index in [1.165, 1.54) is 6.92 Å². The van der Waals surface area contributed by atoms with Gasteiger partial charge < -0.3 is 10.2 Å². The Morgan fingerprint density at radius 1 is 1.53 bits per heavy atom. The van der Waals surface area contributed by atoms with Crippen LogP contribution in [0.5, 0.6) is 0 Å². The second kappa shape index (κ2) is 6.62. The van der Waals surface area contributed by atoms with E-state index in [4.69, 9.17) is 5.11 Å². The summed E-state index contributed by atoms with van der Waals surface area (Å²) < 4.78 is 0. The largest absolute Gasteiger partial charge is 0.479 e. The molecule has 0 aliphatic carbocycles. The van der Waals surface area contributed by atoms with Gasteiger partial charge in [0.2, 0.25) is 0 Å². The fourth-order valence-electron chi connectivity index (χ4n) is 1.64. The van der Waals surface area contributed by atoms with Crippen LogP contribution < -0.4 is 0 Å². The van der Waals surface area contributed by atoms with Gasteiger partial charge in [0, 0.05) is 5.92 Å². The van der Waals surface area contributed by atoms with Gasteiger partial charge in [-0.1, -0.05) is 32.3 Å². The van der Waals surface area contributed by atoms with Gasteiger partial charge in [-0.3, -0.25) is 0 Å². The van der Waals surface area contributed by atoms with Crippen LogP contribution in [-0.4, -0.2) is 21.8 Å². The minimum absolute atomic E-state index is 0.237. The molecule has 3 heteroatoms. The lowest BCUT2D eigenvalue weighted by Gasteiger charge is -2.28. The first-order chi connectivity index (χ1) is 6.96. The predicted molar refractivity (Wildman–Crippen MR) is 60.7 cm³/mol. The highest BCUT2D eigenvalue weighted by Gasteiger charge is 2.37. The highest BCUT2D eigenvalue weighted by Crippen LogP contribution is 2.27. The van der Waals surface area contributed by atoms with E-state index in [9.17, 15) is 9.90 Å². The van der Waals surface area contributed by atoms with Crippen molar-refractivity contribution in [2.75, 3.05) is 0 Å². The summed E-state index contributed by atoms with van der Waals surface area (Å²) in [6.45, 7) is 7.06. The molecule has 0 fully saturated rings. The standard InChI is InChI=1S/C12H22O3/c1-4-6-7-9-10(8-5-2)12(3,15)11(13)14/h5,10,15H,2,4,6-9H2,1,3H3,(H,13,14). The van der Waals surface area contributed by atoms with Crippen molar-refractivity contribution in [1.82, 2.24) is 0 Å². The number of aliphatic carboxylic acids is 1. The third-order valence-electron chi connectivity index (χ3n) is 2.84. The first-order valence-electron chi connectivity index (χ1n) is 5.53. The van der Waals surface area contributed by atoms with Crippen molar-refractivity contribution in [3.05, 3.63) is 12.7 Å². The molecule has 0 aliphatic heterocycles. The van der Waals surface area contributed by atoms with Gasteiger partial charge in [-0.15, -0.1) is 6.58 Å². The molecule has 2 atom stereocenters. The van der Waals surface area contributed by atoms with Crippen molar-refractivity contribution in [3.63, 3.8) is 0 Å². The first-order valence-corrected chi connectivity index (χ1v) is 5.53. The lowest BCUT2D eigenvalue weighted by atomic mass is 9.82. The molecule has 0 heterocycles. The first kappa shape index (κ1) is 14.2. The van der Waals surface area contributed by atoms with E-state index in [0.717, 1.165) is 25.7 Å². The van der Waals surface area contributed by atoms with Gasteiger partial charge in [-0.2, -0.15) is 0 Å². The fraction of sp³-hybridized carbons (Fsp3) is 0.750. The summed E-state index contributed by atoms with van der Waals surface area (Å²) in [6.07, 6.45) is 6.08. The number of unbranched alkanes of at least 4 members (excludes halogenated alkanes) is 2. The second-order valence-corrected chi connectivity index (χ2v) is 4.17. The van der Waals surface area contributed by atoms with E-state index in [1.807, 2.05) is 0 Å². The van der Waals surface area contributed by atoms with Gasteiger partial charge in [-0.25, -0.2) is 4.79 Å². The Hall–Kier alpha value is -0.830. The molecule has 2 N–H and O–H groups in total. The van der Waals surface area contributed by atoms with Gasteiger partial charge in [0.05, 0.1) is 0 Å².